The first-order valence-electron chi connectivity index (χ1n) is 5.62. The van der Waals surface area contributed by atoms with Crippen LogP contribution in [0.25, 0.3) is 0 Å². The zero-order valence-electron chi connectivity index (χ0n) is 10.3. The third-order valence-electron chi connectivity index (χ3n) is 2.77. The molecule has 0 atom stereocenters. The number of amides is 1. The van der Waals surface area contributed by atoms with Crippen molar-refractivity contribution in [2.45, 2.75) is 6.92 Å². The number of carbonyl (C=O) groups excluding carboxylic acids is 2. The number of nitrogens with one attached hydrogen (secondary N) is 1. The molecule has 4 heteroatoms. The molecule has 0 fully saturated rings. The number of benzene rings is 1. The first-order chi connectivity index (χ1) is 8.59. The number of H-pyrrole nitrogens is 1. The minimum absolute atomic E-state index is 0.0623. The number of anilines is 1. The van der Waals surface area contributed by atoms with E-state index in [2.05, 4.69) is 4.98 Å². The fraction of sp³-hybridized carbons (Fsp3) is 0.143. The van der Waals surface area contributed by atoms with E-state index in [1.807, 2.05) is 30.3 Å². The van der Waals surface area contributed by atoms with Crippen LogP contribution in [0.15, 0.2) is 42.6 Å². The maximum atomic E-state index is 12.2. The van der Waals surface area contributed by atoms with Crippen molar-refractivity contribution in [2.24, 2.45) is 0 Å². The predicted octanol–water partition coefficient (Wildman–Crippen LogP) is 2.49. The number of aromatic amines is 1. The number of hydrogen-bond acceptors (Lipinski definition) is 2. The molecule has 0 saturated heterocycles. The van der Waals surface area contributed by atoms with E-state index in [-0.39, 0.29) is 11.7 Å². The number of hydrogen-bond donors (Lipinski definition) is 1. The van der Waals surface area contributed by atoms with Gasteiger partial charge in [0.1, 0.15) is 5.69 Å². The summed E-state index contributed by atoms with van der Waals surface area (Å²) in [5.74, 6) is -0.235. The minimum atomic E-state index is -0.172. The molecule has 0 aliphatic heterocycles. The topological polar surface area (TPSA) is 53.2 Å². The largest absolute Gasteiger partial charge is 0.356 e. The molecule has 0 aliphatic rings. The molecule has 2 rings (SSSR count). The number of ketones is 1. The number of para-hydroxylation sites is 1. The van der Waals surface area contributed by atoms with Crippen LogP contribution in [0.2, 0.25) is 0 Å². The van der Waals surface area contributed by atoms with E-state index in [0.717, 1.165) is 5.69 Å². The number of Topliss-reactive ketones (excluding diaryl/α,β-unsaturated/α-hetero) is 1. The third kappa shape index (κ3) is 2.32. The Morgan fingerprint density at radius 3 is 2.39 bits per heavy atom. The van der Waals surface area contributed by atoms with E-state index in [1.165, 1.54) is 11.8 Å². The molecule has 0 spiro atoms. The van der Waals surface area contributed by atoms with E-state index >= 15 is 0 Å². The monoisotopic (exact) mass is 242 g/mol. The van der Waals surface area contributed by atoms with Gasteiger partial charge in [-0.3, -0.25) is 9.59 Å². The van der Waals surface area contributed by atoms with Gasteiger partial charge >= 0.3 is 0 Å². The van der Waals surface area contributed by atoms with Crippen LogP contribution in [-0.2, 0) is 0 Å². The summed E-state index contributed by atoms with van der Waals surface area (Å²) in [6.45, 7) is 1.47. The standard InChI is InChI=1S/C14H14N2O2/c1-10(17)11-8-13(15-9-11)14(18)16(2)12-6-4-3-5-7-12/h3-9,15H,1-2H3. The highest BCUT2D eigenvalue weighted by Gasteiger charge is 2.15. The molecule has 2 aromatic rings. The van der Waals surface area contributed by atoms with Crippen molar-refractivity contribution >= 4 is 17.4 Å². The van der Waals surface area contributed by atoms with E-state index in [1.54, 1.807) is 19.3 Å². The molecule has 0 unspecified atom stereocenters. The van der Waals surface area contributed by atoms with Crippen LogP contribution < -0.4 is 4.90 Å². The summed E-state index contributed by atoms with van der Waals surface area (Å²) in [5, 5.41) is 0. The molecule has 1 heterocycles. The van der Waals surface area contributed by atoms with Gasteiger partial charge in [-0.2, -0.15) is 0 Å². The van der Waals surface area contributed by atoms with Crippen molar-refractivity contribution in [3.63, 3.8) is 0 Å². The summed E-state index contributed by atoms with van der Waals surface area (Å²) in [6, 6.07) is 10.9. The van der Waals surface area contributed by atoms with E-state index in [0.29, 0.717) is 11.3 Å². The van der Waals surface area contributed by atoms with Gasteiger partial charge in [0, 0.05) is 24.5 Å². The van der Waals surface area contributed by atoms with Gasteiger partial charge < -0.3 is 9.88 Å². The summed E-state index contributed by atoms with van der Waals surface area (Å²) in [7, 11) is 1.70. The van der Waals surface area contributed by atoms with E-state index in [4.69, 9.17) is 0 Å². The second-order valence-corrected chi connectivity index (χ2v) is 4.06. The van der Waals surface area contributed by atoms with Crippen molar-refractivity contribution in [1.29, 1.82) is 0 Å². The predicted molar refractivity (Wildman–Crippen MR) is 70.0 cm³/mol. The number of carbonyl (C=O) groups is 2. The highest BCUT2D eigenvalue weighted by molar-refractivity contribution is 6.06. The smallest absolute Gasteiger partial charge is 0.274 e. The Balaban J connectivity index is 2.23. The highest BCUT2D eigenvalue weighted by atomic mass is 16.2. The molecule has 0 radical (unpaired) electrons. The lowest BCUT2D eigenvalue weighted by molar-refractivity contribution is 0.0988. The Labute approximate surface area is 105 Å². The van der Waals surface area contributed by atoms with Gasteiger partial charge in [-0.25, -0.2) is 0 Å². The number of nitrogens with zero attached hydrogens (tertiary/aromatic N) is 1. The van der Waals surface area contributed by atoms with Crippen molar-refractivity contribution < 1.29 is 9.59 Å². The molecule has 0 bridgehead atoms. The normalized spacial score (nSPS) is 10.1. The fourth-order valence-corrected chi connectivity index (χ4v) is 1.67. The van der Waals surface area contributed by atoms with Crippen molar-refractivity contribution in [3.8, 4) is 0 Å². The van der Waals surface area contributed by atoms with Crippen molar-refractivity contribution in [2.75, 3.05) is 11.9 Å². The van der Waals surface area contributed by atoms with Crippen LogP contribution in [-0.4, -0.2) is 23.7 Å². The van der Waals surface area contributed by atoms with Crippen molar-refractivity contribution in [1.82, 2.24) is 4.98 Å². The van der Waals surface area contributed by atoms with Gasteiger partial charge in [-0.15, -0.1) is 0 Å². The van der Waals surface area contributed by atoms with Gasteiger partial charge in [0.2, 0.25) is 0 Å². The van der Waals surface area contributed by atoms with Crippen LogP contribution in [0.3, 0.4) is 0 Å². The molecule has 1 aromatic heterocycles. The quantitative estimate of drug-likeness (QED) is 0.841. The van der Waals surface area contributed by atoms with Gasteiger partial charge in [0.05, 0.1) is 0 Å². The van der Waals surface area contributed by atoms with Crippen LogP contribution in [0.4, 0.5) is 5.69 Å². The summed E-state index contributed by atoms with van der Waals surface area (Å²) in [6.07, 6.45) is 1.55. The van der Waals surface area contributed by atoms with Crippen LogP contribution in [0, 0.1) is 0 Å². The molecule has 1 amide bonds. The lowest BCUT2D eigenvalue weighted by Crippen LogP contribution is -2.26. The average Bonchev–Trinajstić information content (AvgIpc) is 2.88. The van der Waals surface area contributed by atoms with Crippen LogP contribution >= 0.6 is 0 Å². The maximum absolute atomic E-state index is 12.2. The average molecular weight is 242 g/mol. The molecule has 1 N–H and O–H groups in total. The number of aromatic nitrogens is 1. The molecule has 0 saturated carbocycles. The molecular formula is C14H14N2O2. The first-order valence-corrected chi connectivity index (χ1v) is 5.62. The second kappa shape index (κ2) is 4.87. The Bertz CT molecular complexity index is 572. The summed E-state index contributed by atoms with van der Waals surface area (Å²) in [4.78, 5) is 27.7. The lowest BCUT2D eigenvalue weighted by Gasteiger charge is -2.16. The first kappa shape index (κ1) is 12.1. The second-order valence-electron chi connectivity index (χ2n) is 4.06. The SMILES string of the molecule is CC(=O)c1c[nH]c(C(=O)N(C)c2ccccc2)c1. The van der Waals surface area contributed by atoms with E-state index in [9.17, 15) is 9.59 Å². The summed E-state index contributed by atoms with van der Waals surface area (Å²) >= 11 is 0. The molecule has 1 aromatic carbocycles. The Kier molecular flexibility index (Phi) is 3.28. The van der Waals surface area contributed by atoms with Crippen LogP contribution in [0.5, 0.6) is 0 Å². The van der Waals surface area contributed by atoms with Crippen LogP contribution in [0.1, 0.15) is 27.8 Å². The van der Waals surface area contributed by atoms with E-state index < -0.39 is 0 Å². The molecule has 18 heavy (non-hydrogen) atoms. The third-order valence-corrected chi connectivity index (χ3v) is 2.77. The summed E-state index contributed by atoms with van der Waals surface area (Å²) in [5.41, 5.74) is 1.73. The highest BCUT2D eigenvalue weighted by Crippen LogP contribution is 2.15. The minimum Gasteiger partial charge on any atom is -0.356 e. The summed E-state index contributed by atoms with van der Waals surface area (Å²) < 4.78 is 0. The molecule has 4 nitrogen and oxygen atoms in total. The zero-order chi connectivity index (χ0) is 13.1. The fourth-order valence-electron chi connectivity index (χ4n) is 1.67. The van der Waals surface area contributed by atoms with Gasteiger partial charge in [-0.1, -0.05) is 18.2 Å². The van der Waals surface area contributed by atoms with Crippen molar-refractivity contribution in [3.05, 3.63) is 53.9 Å². The Hall–Kier alpha value is -2.36. The molecule has 0 aliphatic carbocycles. The maximum Gasteiger partial charge on any atom is 0.274 e. The molecular weight excluding hydrogens is 228 g/mol. The Morgan fingerprint density at radius 1 is 1.17 bits per heavy atom. The zero-order valence-corrected chi connectivity index (χ0v) is 10.3. The number of rotatable bonds is 3. The van der Waals surface area contributed by atoms with Gasteiger partial charge in [0.15, 0.2) is 5.78 Å². The Morgan fingerprint density at radius 2 is 1.83 bits per heavy atom. The van der Waals surface area contributed by atoms with Gasteiger partial charge in [0.25, 0.3) is 5.91 Å². The van der Waals surface area contributed by atoms with Gasteiger partial charge in [-0.05, 0) is 25.1 Å². The lowest BCUT2D eigenvalue weighted by atomic mass is 10.2. The molecule has 92 valence electrons.